The quantitative estimate of drug-likeness (QED) is 0.737. The van der Waals surface area contributed by atoms with E-state index >= 15 is 0 Å². The third kappa shape index (κ3) is 3.81. The number of nitrogens with zero attached hydrogens (tertiary/aromatic N) is 2. The molecule has 1 aliphatic carbocycles. The number of thiophene rings is 1. The van der Waals surface area contributed by atoms with Gasteiger partial charge in [-0.2, -0.15) is 0 Å². The standard InChI is InChI=1S/C21H23N3O2S/c1-14-5-4-6-15(11-14)12-22-18(25)9-10-24-13-23-20-19(21(24)26)16-7-2-3-8-17(16)27-20/h4-6,11,13H,2-3,7-10,12H2,1H3,(H,22,25). The highest BCUT2D eigenvalue weighted by Crippen LogP contribution is 2.33. The molecule has 0 atom stereocenters. The first-order valence-corrected chi connectivity index (χ1v) is 10.3. The van der Waals surface area contributed by atoms with E-state index in [9.17, 15) is 9.59 Å². The van der Waals surface area contributed by atoms with Gasteiger partial charge in [0.25, 0.3) is 5.56 Å². The predicted molar refractivity (Wildman–Crippen MR) is 108 cm³/mol. The number of nitrogens with one attached hydrogen (secondary N) is 1. The normalized spacial score (nSPS) is 13.5. The minimum absolute atomic E-state index is 0.00844. The first-order chi connectivity index (χ1) is 13.1. The highest BCUT2D eigenvalue weighted by atomic mass is 32.1. The van der Waals surface area contributed by atoms with E-state index < -0.39 is 0 Å². The molecule has 0 radical (unpaired) electrons. The van der Waals surface area contributed by atoms with Gasteiger partial charge in [-0.1, -0.05) is 29.8 Å². The molecule has 0 aliphatic heterocycles. The van der Waals surface area contributed by atoms with Crippen molar-refractivity contribution in [1.29, 1.82) is 0 Å². The lowest BCUT2D eigenvalue weighted by atomic mass is 9.97. The number of aryl methyl sites for hydroxylation is 4. The molecular formula is C21H23N3O2S. The molecule has 6 heteroatoms. The van der Waals surface area contributed by atoms with Gasteiger partial charge in [0.15, 0.2) is 0 Å². The molecule has 1 N–H and O–H groups in total. The second-order valence-corrected chi connectivity index (χ2v) is 8.23. The Labute approximate surface area is 162 Å². The van der Waals surface area contributed by atoms with Crippen molar-refractivity contribution in [1.82, 2.24) is 14.9 Å². The van der Waals surface area contributed by atoms with E-state index in [1.807, 2.05) is 25.1 Å². The van der Waals surface area contributed by atoms with Crippen LogP contribution >= 0.6 is 11.3 Å². The van der Waals surface area contributed by atoms with Crippen molar-refractivity contribution in [3.05, 3.63) is 62.5 Å². The Kier molecular flexibility index (Phi) is 5.07. The first-order valence-electron chi connectivity index (χ1n) is 9.44. The van der Waals surface area contributed by atoms with Crippen LogP contribution in [-0.2, 0) is 30.7 Å². The molecule has 1 aromatic carbocycles. The minimum Gasteiger partial charge on any atom is -0.352 e. The van der Waals surface area contributed by atoms with Crippen molar-refractivity contribution < 1.29 is 4.79 Å². The third-order valence-corrected chi connectivity index (χ3v) is 6.29. The molecule has 1 amide bonds. The highest BCUT2D eigenvalue weighted by molar-refractivity contribution is 7.18. The Morgan fingerprint density at radius 2 is 2.15 bits per heavy atom. The second-order valence-electron chi connectivity index (χ2n) is 7.15. The van der Waals surface area contributed by atoms with E-state index in [4.69, 9.17) is 0 Å². The SMILES string of the molecule is Cc1cccc(CNC(=O)CCn2cnc3sc4c(c3c2=O)CCCC4)c1. The van der Waals surface area contributed by atoms with Crippen molar-refractivity contribution >= 4 is 27.5 Å². The first kappa shape index (κ1) is 17.9. The van der Waals surface area contributed by atoms with E-state index in [1.165, 1.54) is 22.4 Å². The summed E-state index contributed by atoms with van der Waals surface area (Å²) >= 11 is 1.65. The van der Waals surface area contributed by atoms with Crippen LogP contribution in [0.5, 0.6) is 0 Å². The Morgan fingerprint density at radius 1 is 1.30 bits per heavy atom. The van der Waals surface area contributed by atoms with Crippen LogP contribution in [0.2, 0.25) is 0 Å². The summed E-state index contributed by atoms with van der Waals surface area (Å²) in [6.07, 6.45) is 6.19. The lowest BCUT2D eigenvalue weighted by molar-refractivity contribution is -0.121. The van der Waals surface area contributed by atoms with E-state index in [1.54, 1.807) is 22.2 Å². The molecule has 4 rings (SSSR count). The number of aromatic nitrogens is 2. The van der Waals surface area contributed by atoms with Crippen LogP contribution in [0.4, 0.5) is 0 Å². The molecule has 0 saturated carbocycles. The van der Waals surface area contributed by atoms with Crippen molar-refractivity contribution in [3.8, 4) is 0 Å². The summed E-state index contributed by atoms with van der Waals surface area (Å²) in [6.45, 7) is 2.89. The number of carbonyl (C=O) groups is 1. The van der Waals surface area contributed by atoms with E-state index in [0.29, 0.717) is 13.1 Å². The number of amides is 1. The molecule has 0 bridgehead atoms. The van der Waals surface area contributed by atoms with Gasteiger partial charge in [0.2, 0.25) is 5.91 Å². The maximum absolute atomic E-state index is 12.9. The fourth-order valence-electron chi connectivity index (χ4n) is 3.67. The van der Waals surface area contributed by atoms with Crippen LogP contribution in [0.1, 0.15) is 40.8 Å². The van der Waals surface area contributed by atoms with Crippen molar-refractivity contribution in [2.75, 3.05) is 0 Å². The fourth-order valence-corrected chi connectivity index (χ4v) is 4.89. The number of carbonyl (C=O) groups excluding carboxylic acids is 1. The van der Waals surface area contributed by atoms with Crippen LogP contribution < -0.4 is 10.9 Å². The molecular weight excluding hydrogens is 358 g/mol. The lowest BCUT2D eigenvalue weighted by Crippen LogP contribution is -2.27. The molecule has 0 unspecified atom stereocenters. The lowest BCUT2D eigenvalue weighted by Gasteiger charge is -2.10. The summed E-state index contributed by atoms with van der Waals surface area (Å²) in [7, 11) is 0. The summed E-state index contributed by atoms with van der Waals surface area (Å²) in [5, 5.41) is 3.70. The molecule has 0 fully saturated rings. The van der Waals surface area contributed by atoms with Gasteiger partial charge in [-0.15, -0.1) is 11.3 Å². The average molecular weight is 382 g/mol. The molecule has 2 aromatic heterocycles. The fraction of sp³-hybridized carbons (Fsp3) is 0.381. The van der Waals surface area contributed by atoms with Crippen LogP contribution in [0, 0.1) is 6.92 Å². The molecule has 1 aliphatic rings. The van der Waals surface area contributed by atoms with E-state index in [0.717, 1.165) is 35.0 Å². The maximum atomic E-state index is 12.9. The van der Waals surface area contributed by atoms with Gasteiger partial charge in [0.05, 0.1) is 11.7 Å². The number of rotatable bonds is 5. The van der Waals surface area contributed by atoms with Crippen molar-refractivity contribution in [3.63, 3.8) is 0 Å². The second kappa shape index (κ2) is 7.64. The van der Waals surface area contributed by atoms with Crippen LogP contribution in [0.3, 0.4) is 0 Å². The zero-order valence-corrected chi connectivity index (χ0v) is 16.3. The van der Waals surface area contributed by atoms with E-state index in [2.05, 4.69) is 16.4 Å². The molecule has 27 heavy (non-hydrogen) atoms. The van der Waals surface area contributed by atoms with Gasteiger partial charge >= 0.3 is 0 Å². The Bertz CT molecular complexity index is 1050. The van der Waals surface area contributed by atoms with Gasteiger partial charge in [0.1, 0.15) is 4.83 Å². The Balaban J connectivity index is 1.43. The summed E-state index contributed by atoms with van der Waals surface area (Å²) < 4.78 is 1.58. The monoisotopic (exact) mass is 381 g/mol. The van der Waals surface area contributed by atoms with Crippen molar-refractivity contribution in [2.45, 2.75) is 52.1 Å². The van der Waals surface area contributed by atoms with E-state index in [-0.39, 0.29) is 17.9 Å². The number of hydrogen-bond acceptors (Lipinski definition) is 4. The molecule has 0 saturated heterocycles. The molecule has 2 heterocycles. The summed E-state index contributed by atoms with van der Waals surface area (Å²) in [5.41, 5.74) is 3.43. The summed E-state index contributed by atoms with van der Waals surface area (Å²) in [5.74, 6) is -0.0594. The zero-order valence-electron chi connectivity index (χ0n) is 15.5. The average Bonchev–Trinajstić information content (AvgIpc) is 3.05. The predicted octanol–water partition coefficient (Wildman–Crippen LogP) is 3.35. The zero-order chi connectivity index (χ0) is 18.8. The van der Waals surface area contributed by atoms with Crippen LogP contribution in [0.25, 0.3) is 10.2 Å². The topological polar surface area (TPSA) is 64.0 Å². The van der Waals surface area contributed by atoms with Gasteiger partial charge in [-0.25, -0.2) is 4.98 Å². The summed E-state index contributed by atoms with van der Waals surface area (Å²) in [4.78, 5) is 31.7. The van der Waals surface area contributed by atoms with Crippen LogP contribution in [0.15, 0.2) is 35.4 Å². The molecule has 140 valence electrons. The number of hydrogen-bond donors (Lipinski definition) is 1. The van der Waals surface area contributed by atoms with Gasteiger partial charge in [-0.05, 0) is 43.7 Å². The largest absolute Gasteiger partial charge is 0.352 e. The Hall–Kier alpha value is -2.47. The smallest absolute Gasteiger partial charge is 0.262 e. The molecule has 0 spiro atoms. The maximum Gasteiger partial charge on any atom is 0.262 e. The van der Waals surface area contributed by atoms with Crippen molar-refractivity contribution in [2.24, 2.45) is 0 Å². The number of benzene rings is 1. The van der Waals surface area contributed by atoms with Gasteiger partial charge < -0.3 is 5.32 Å². The van der Waals surface area contributed by atoms with Crippen LogP contribution in [-0.4, -0.2) is 15.5 Å². The number of fused-ring (bicyclic) bond motifs is 3. The third-order valence-electron chi connectivity index (χ3n) is 5.09. The Morgan fingerprint density at radius 3 is 3.00 bits per heavy atom. The molecule has 5 nitrogen and oxygen atoms in total. The van der Waals surface area contributed by atoms with Gasteiger partial charge in [0, 0.05) is 24.4 Å². The molecule has 3 aromatic rings. The highest BCUT2D eigenvalue weighted by Gasteiger charge is 2.20. The summed E-state index contributed by atoms with van der Waals surface area (Å²) in [6, 6.07) is 8.07. The minimum atomic E-state index is -0.0594. The van der Waals surface area contributed by atoms with Gasteiger partial charge in [-0.3, -0.25) is 14.2 Å².